The Kier molecular flexibility index (Phi) is 4.49. The van der Waals surface area contributed by atoms with E-state index in [1.807, 2.05) is 20.9 Å². The molecule has 20 heavy (non-hydrogen) atoms. The first-order chi connectivity index (χ1) is 9.52. The van der Waals surface area contributed by atoms with Crippen molar-refractivity contribution in [2.45, 2.75) is 26.8 Å². The summed E-state index contributed by atoms with van der Waals surface area (Å²) in [5.74, 6) is -1.09. The summed E-state index contributed by atoms with van der Waals surface area (Å²) in [4.78, 5) is 0. The van der Waals surface area contributed by atoms with Crippen molar-refractivity contribution in [3.63, 3.8) is 0 Å². The largest absolute Gasteiger partial charge is 0.319 e. The summed E-state index contributed by atoms with van der Waals surface area (Å²) >= 11 is 0. The van der Waals surface area contributed by atoms with Crippen molar-refractivity contribution in [1.29, 1.82) is 0 Å². The number of nitrogens with zero attached hydrogens (tertiary/aromatic N) is 2. The molecule has 108 valence electrons. The first-order valence-corrected chi connectivity index (χ1v) is 6.64. The Bertz CT molecular complexity index is 605. The van der Waals surface area contributed by atoms with Crippen LogP contribution in [-0.2, 0) is 13.0 Å². The minimum Gasteiger partial charge on any atom is -0.319 e. The van der Waals surface area contributed by atoms with Crippen LogP contribution in [0.25, 0.3) is 0 Å². The van der Waals surface area contributed by atoms with E-state index < -0.39 is 11.6 Å². The van der Waals surface area contributed by atoms with Gasteiger partial charge in [0.15, 0.2) is 0 Å². The van der Waals surface area contributed by atoms with Crippen LogP contribution in [0.4, 0.5) is 8.78 Å². The molecule has 0 bridgehead atoms. The summed E-state index contributed by atoms with van der Waals surface area (Å²) < 4.78 is 28.4. The molecule has 0 aliphatic heterocycles. The average molecular weight is 279 g/mol. The predicted molar refractivity (Wildman–Crippen MR) is 74.8 cm³/mol. The van der Waals surface area contributed by atoms with Crippen LogP contribution in [0.2, 0.25) is 0 Å². The lowest BCUT2D eigenvalue weighted by molar-refractivity contribution is 0.555. The van der Waals surface area contributed by atoms with Gasteiger partial charge < -0.3 is 5.32 Å². The van der Waals surface area contributed by atoms with Crippen molar-refractivity contribution in [2.75, 3.05) is 13.6 Å². The van der Waals surface area contributed by atoms with Crippen molar-refractivity contribution in [2.24, 2.45) is 0 Å². The number of aromatic nitrogens is 2. The van der Waals surface area contributed by atoms with Crippen LogP contribution >= 0.6 is 0 Å². The van der Waals surface area contributed by atoms with E-state index in [2.05, 4.69) is 10.4 Å². The Labute approximate surface area is 117 Å². The Hall–Kier alpha value is -1.75. The van der Waals surface area contributed by atoms with Gasteiger partial charge in [-0.1, -0.05) is 6.07 Å². The number of hydrogen-bond acceptors (Lipinski definition) is 2. The van der Waals surface area contributed by atoms with Crippen molar-refractivity contribution < 1.29 is 8.78 Å². The summed E-state index contributed by atoms with van der Waals surface area (Å²) in [5.41, 5.74) is 3.61. The van der Waals surface area contributed by atoms with Crippen LogP contribution in [0.5, 0.6) is 0 Å². The monoisotopic (exact) mass is 279 g/mol. The van der Waals surface area contributed by atoms with Crippen LogP contribution < -0.4 is 5.32 Å². The second-order valence-corrected chi connectivity index (χ2v) is 4.90. The zero-order chi connectivity index (χ0) is 14.7. The molecule has 0 aliphatic rings. The van der Waals surface area contributed by atoms with Gasteiger partial charge in [0.2, 0.25) is 0 Å². The van der Waals surface area contributed by atoms with Crippen molar-refractivity contribution in [3.8, 4) is 0 Å². The van der Waals surface area contributed by atoms with Crippen molar-refractivity contribution >= 4 is 0 Å². The third-order valence-corrected chi connectivity index (χ3v) is 3.49. The number of nitrogens with one attached hydrogen (secondary N) is 1. The first kappa shape index (κ1) is 14.7. The predicted octanol–water partition coefficient (Wildman–Crippen LogP) is 2.59. The van der Waals surface area contributed by atoms with E-state index in [-0.39, 0.29) is 0 Å². The van der Waals surface area contributed by atoms with Gasteiger partial charge in [0.05, 0.1) is 12.2 Å². The number of likely N-dealkylation sites (N-methyl/N-ethyl adjacent to an activating group) is 1. The third-order valence-electron chi connectivity index (χ3n) is 3.49. The highest BCUT2D eigenvalue weighted by Gasteiger charge is 2.13. The van der Waals surface area contributed by atoms with E-state index >= 15 is 0 Å². The average Bonchev–Trinajstić information content (AvgIpc) is 2.66. The fraction of sp³-hybridized carbons (Fsp3) is 0.400. The molecule has 1 aromatic heterocycles. The maximum Gasteiger partial charge on any atom is 0.131 e. The molecule has 0 atom stereocenters. The lowest BCUT2D eigenvalue weighted by Gasteiger charge is -2.07. The van der Waals surface area contributed by atoms with E-state index in [9.17, 15) is 8.78 Å². The quantitative estimate of drug-likeness (QED) is 0.911. The normalized spacial score (nSPS) is 11.1. The second kappa shape index (κ2) is 6.13. The topological polar surface area (TPSA) is 29.9 Å². The molecule has 1 aromatic carbocycles. The Morgan fingerprint density at radius 3 is 2.65 bits per heavy atom. The Morgan fingerprint density at radius 2 is 2.00 bits per heavy atom. The molecule has 0 amide bonds. The van der Waals surface area contributed by atoms with Gasteiger partial charge in [-0.25, -0.2) is 8.78 Å². The number of halogens is 2. The minimum atomic E-state index is -0.561. The number of benzene rings is 1. The molecule has 1 heterocycles. The molecule has 0 saturated carbocycles. The lowest BCUT2D eigenvalue weighted by atomic mass is 10.1. The van der Waals surface area contributed by atoms with Gasteiger partial charge in [-0.3, -0.25) is 4.68 Å². The zero-order valence-corrected chi connectivity index (χ0v) is 12.0. The summed E-state index contributed by atoms with van der Waals surface area (Å²) in [5, 5.41) is 7.56. The Morgan fingerprint density at radius 1 is 1.25 bits per heavy atom. The van der Waals surface area contributed by atoms with Crippen LogP contribution in [0.1, 0.15) is 22.5 Å². The standard InChI is InChI=1S/C15H19F2N3/c1-10-14(6-7-18-3)11(2)20(19-10)9-12-4-5-13(16)8-15(12)17/h4-5,8,18H,6-7,9H2,1-3H3. The van der Waals surface area contributed by atoms with E-state index in [0.29, 0.717) is 12.1 Å². The summed E-state index contributed by atoms with van der Waals surface area (Å²) in [6.45, 7) is 5.12. The molecular formula is C15H19F2N3. The van der Waals surface area contributed by atoms with Crippen LogP contribution in [-0.4, -0.2) is 23.4 Å². The number of rotatable bonds is 5. The molecule has 2 rings (SSSR count). The highest BCUT2D eigenvalue weighted by molar-refractivity contribution is 5.27. The van der Waals surface area contributed by atoms with Crippen LogP contribution in [0, 0.1) is 25.5 Å². The van der Waals surface area contributed by atoms with E-state index in [1.54, 1.807) is 4.68 Å². The molecule has 0 fully saturated rings. The minimum absolute atomic E-state index is 0.318. The highest BCUT2D eigenvalue weighted by atomic mass is 19.1. The molecule has 0 radical (unpaired) electrons. The molecule has 5 heteroatoms. The fourth-order valence-electron chi connectivity index (χ4n) is 2.31. The van der Waals surface area contributed by atoms with Crippen molar-refractivity contribution in [3.05, 3.63) is 52.3 Å². The number of hydrogen-bond donors (Lipinski definition) is 1. The van der Waals surface area contributed by atoms with E-state index in [1.165, 1.54) is 17.7 Å². The van der Waals surface area contributed by atoms with Gasteiger partial charge in [0, 0.05) is 17.3 Å². The lowest BCUT2D eigenvalue weighted by Crippen LogP contribution is -2.11. The molecule has 3 nitrogen and oxygen atoms in total. The molecule has 0 aliphatic carbocycles. The van der Waals surface area contributed by atoms with Gasteiger partial charge in [-0.2, -0.15) is 5.10 Å². The van der Waals surface area contributed by atoms with Crippen LogP contribution in [0.3, 0.4) is 0 Å². The van der Waals surface area contributed by atoms with Gasteiger partial charge in [0.1, 0.15) is 11.6 Å². The van der Waals surface area contributed by atoms with Gasteiger partial charge >= 0.3 is 0 Å². The van der Waals surface area contributed by atoms with Crippen LogP contribution in [0.15, 0.2) is 18.2 Å². The highest BCUT2D eigenvalue weighted by Crippen LogP contribution is 2.17. The Balaban J connectivity index is 2.25. The third kappa shape index (κ3) is 3.04. The first-order valence-electron chi connectivity index (χ1n) is 6.64. The molecule has 0 spiro atoms. The smallest absolute Gasteiger partial charge is 0.131 e. The maximum atomic E-state index is 13.7. The summed E-state index contributed by atoms with van der Waals surface area (Å²) in [7, 11) is 1.91. The molecular weight excluding hydrogens is 260 g/mol. The van der Waals surface area contributed by atoms with Crippen molar-refractivity contribution in [1.82, 2.24) is 15.1 Å². The molecule has 2 aromatic rings. The second-order valence-electron chi connectivity index (χ2n) is 4.90. The maximum absolute atomic E-state index is 13.7. The molecule has 0 unspecified atom stereocenters. The summed E-state index contributed by atoms with van der Waals surface area (Å²) in [6, 6.07) is 3.64. The fourth-order valence-corrected chi connectivity index (χ4v) is 2.31. The van der Waals surface area contributed by atoms with Gasteiger partial charge in [0.25, 0.3) is 0 Å². The molecule has 0 saturated heterocycles. The number of aryl methyl sites for hydroxylation is 1. The zero-order valence-electron chi connectivity index (χ0n) is 12.0. The van der Waals surface area contributed by atoms with Gasteiger partial charge in [-0.05, 0) is 45.5 Å². The molecule has 1 N–H and O–H groups in total. The summed E-state index contributed by atoms with van der Waals surface area (Å²) in [6.07, 6.45) is 0.889. The van der Waals surface area contributed by atoms with E-state index in [0.717, 1.165) is 30.4 Å². The SMILES string of the molecule is CNCCc1c(C)nn(Cc2ccc(F)cc2F)c1C. The van der Waals surface area contributed by atoms with Gasteiger partial charge in [-0.15, -0.1) is 0 Å². The van der Waals surface area contributed by atoms with E-state index in [4.69, 9.17) is 0 Å².